The molecule has 0 rings (SSSR count). The van der Waals surface area contributed by atoms with Crippen LogP contribution in [0.3, 0.4) is 0 Å². The molecule has 0 saturated carbocycles. The Morgan fingerprint density at radius 3 is 1.08 bits per heavy atom. The van der Waals surface area contributed by atoms with Crippen LogP contribution in [0.15, 0.2) is 97.2 Å². The normalized spacial score (nSPS) is 13.4. The van der Waals surface area contributed by atoms with Gasteiger partial charge in [0.05, 0.1) is 40.3 Å². The van der Waals surface area contributed by atoms with Crippen molar-refractivity contribution >= 4 is 17.9 Å². The van der Waals surface area contributed by atoms with E-state index >= 15 is 0 Å². The van der Waals surface area contributed by atoms with Crippen LogP contribution in [-0.4, -0.2) is 82.3 Å². The number of unbranched alkanes of at least 4 members (excludes halogenated alkanes) is 28. The van der Waals surface area contributed by atoms with Gasteiger partial charge in [-0.15, -0.1) is 0 Å². The van der Waals surface area contributed by atoms with Crippen LogP contribution >= 0.6 is 0 Å². The van der Waals surface area contributed by atoms with Crippen LogP contribution in [0.5, 0.6) is 0 Å². The molecule has 0 radical (unpaired) electrons. The molecule has 9 heteroatoms. The van der Waals surface area contributed by atoms with Gasteiger partial charge in [-0.25, -0.2) is 0 Å². The van der Waals surface area contributed by atoms with Gasteiger partial charge in [0.15, 0.2) is 12.4 Å². The molecule has 0 aliphatic heterocycles. The summed E-state index contributed by atoms with van der Waals surface area (Å²) < 4.78 is 22.7. The van der Waals surface area contributed by atoms with Crippen molar-refractivity contribution in [2.75, 3.05) is 47.5 Å². The Morgan fingerprint density at radius 1 is 0.392 bits per heavy atom. The number of hydrogen-bond acceptors (Lipinski definition) is 8. The Kier molecular flexibility index (Phi) is 57.4. The molecule has 0 N–H and O–H groups in total. The van der Waals surface area contributed by atoms with E-state index < -0.39 is 24.3 Å². The second-order valence-corrected chi connectivity index (χ2v) is 22.7. The quantitative estimate of drug-likeness (QED) is 0.0195. The molecule has 0 bridgehead atoms. The van der Waals surface area contributed by atoms with Crippen molar-refractivity contribution in [2.24, 2.45) is 0 Å². The molecule has 0 saturated heterocycles. The predicted molar refractivity (Wildman–Crippen MR) is 334 cm³/mol. The molecule has 9 nitrogen and oxygen atoms in total. The lowest BCUT2D eigenvalue weighted by molar-refractivity contribution is -0.870. The van der Waals surface area contributed by atoms with E-state index in [0.717, 1.165) is 109 Å². The topological polar surface area (TPSA) is 111 Å². The number of likely N-dealkylation sites (N-methyl/N-ethyl adjacent to an activating group) is 1. The van der Waals surface area contributed by atoms with Gasteiger partial charge in [-0.1, -0.05) is 278 Å². The zero-order valence-corrected chi connectivity index (χ0v) is 51.7. The average molecular weight is 1100 g/mol. The van der Waals surface area contributed by atoms with E-state index in [1.165, 1.54) is 128 Å². The van der Waals surface area contributed by atoms with Crippen LogP contribution < -0.4 is 5.11 Å². The second kappa shape index (κ2) is 60.3. The monoisotopic (exact) mass is 1100 g/mol. The van der Waals surface area contributed by atoms with Crippen molar-refractivity contribution in [3.63, 3.8) is 0 Å². The first-order valence-corrected chi connectivity index (χ1v) is 32.4. The first-order valence-electron chi connectivity index (χ1n) is 32.4. The fourth-order valence-electron chi connectivity index (χ4n) is 8.91. The third kappa shape index (κ3) is 61.7. The van der Waals surface area contributed by atoms with E-state index in [-0.39, 0.29) is 38.6 Å². The van der Waals surface area contributed by atoms with E-state index in [9.17, 15) is 19.5 Å². The second-order valence-electron chi connectivity index (χ2n) is 22.7. The Balaban J connectivity index is 4.24. The lowest BCUT2D eigenvalue weighted by Crippen LogP contribution is -2.44. The van der Waals surface area contributed by atoms with Crippen molar-refractivity contribution in [1.82, 2.24) is 0 Å². The summed E-state index contributed by atoms with van der Waals surface area (Å²) >= 11 is 0. The van der Waals surface area contributed by atoms with Crippen LogP contribution in [0.1, 0.15) is 271 Å². The Bertz CT molecular complexity index is 1620. The molecular weight excluding hydrogens is 983 g/mol. The molecule has 0 fully saturated rings. The highest BCUT2D eigenvalue weighted by molar-refractivity contribution is 5.70. The van der Waals surface area contributed by atoms with E-state index in [1.807, 2.05) is 21.1 Å². The number of quaternary nitrogens is 1. The third-order valence-corrected chi connectivity index (χ3v) is 13.8. The SMILES string of the molecule is CC/C=C\C/C=C\C/C=C\C/C=C\C/C=C\C/C=C\C/C=C\C/C=C\CCCCCCCCC(=O)OC(COC(=O)CCCCCCCCCCCCCCCCCCCCCCCCC)COC(OCC[N+](C)(C)C)C(=O)[O-]. The molecule has 0 aromatic carbocycles. The summed E-state index contributed by atoms with van der Waals surface area (Å²) in [5, 5.41) is 11.8. The van der Waals surface area contributed by atoms with Crippen LogP contribution in [0.4, 0.5) is 0 Å². The number of esters is 2. The number of rotatable bonds is 59. The molecule has 0 aliphatic carbocycles. The van der Waals surface area contributed by atoms with Gasteiger partial charge in [0.2, 0.25) is 0 Å². The fraction of sp³-hybridized carbons (Fsp3) is 0.729. The van der Waals surface area contributed by atoms with Gasteiger partial charge >= 0.3 is 11.9 Å². The number of carbonyl (C=O) groups is 3. The minimum Gasteiger partial charge on any atom is -0.545 e. The number of nitrogens with zero attached hydrogens (tertiary/aromatic N) is 1. The Hall–Kier alpha value is -3.79. The fourth-order valence-corrected chi connectivity index (χ4v) is 8.91. The molecule has 0 aromatic heterocycles. The van der Waals surface area contributed by atoms with E-state index in [0.29, 0.717) is 17.4 Å². The minimum atomic E-state index is -1.63. The molecule has 454 valence electrons. The van der Waals surface area contributed by atoms with Crippen LogP contribution in [0, 0.1) is 0 Å². The number of ether oxygens (including phenoxy) is 4. The highest BCUT2D eigenvalue weighted by Crippen LogP contribution is 2.17. The molecule has 79 heavy (non-hydrogen) atoms. The van der Waals surface area contributed by atoms with Gasteiger partial charge in [-0.3, -0.25) is 9.59 Å². The zero-order chi connectivity index (χ0) is 57.6. The number of aliphatic carboxylic acids is 1. The molecule has 2 unspecified atom stereocenters. The molecule has 0 heterocycles. The lowest BCUT2D eigenvalue weighted by atomic mass is 10.0. The highest BCUT2D eigenvalue weighted by atomic mass is 16.7. The standard InChI is InChI=1S/C70H121NO8/c1-6-8-10-12-14-16-18-20-22-24-26-28-30-31-32-33-34-35-36-37-39-41-43-45-47-49-51-53-55-57-59-61-68(73)79-66(65-78-70(69(74)75)76-63-62-71(3,4)5)64-77-67(72)60-58-56-54-52-50-48-46-44-42-40-38-29-27-25-23-21-19-17-15-13-11-9-7-2/h8,10,14,16,20,22,26,28,31-32,34-35,37,39,43,45,66,70H,6-7,9,11-13,15,17-19,21,23-25,27,29-30,33,36,38,40-42,44,46-65H2,1-5H3/b10-8-,16-14-,22-20-,28-26-,32-31-,35-34-,39-37-,45-43-. The zero-order valence-electron chi connectivity index (χ0n) is 51.7. The van der Waals surface area contributed by atoms with Crippen LogP contribution in [-0.2, 0) is 33.3 Å². The van der Waals surface area contributed by atoms with Crippen molar-refractivity contribution in [2.45, 2.75) is 283 Å². The van der Waals surface area contributed by atoms with Gasteiger partial charge in [0.25, 0.3) is 0 Å². The third-order valence-electron chi connectivity index (χ3n) is 13.8. The van der Waals surface area contributed by atoms with Crippen molar-refractivity contribution in [3.8, 4) is 0 Å². The number of carboxylic acids is 1. The highest BCUT2D eigenvalue weighted by Gasteiger charge is 2.22. The molecule has 0 aromatic rings. The number of hydrogen-bond donors (Lipinski definition) is 0. The molecule has 0 spiro atoms. The Morgan fingerprint density at radius 2 is 0.722 bits per heavy atom. The number of carbonyl (C=O) groups excluding carboxylic acids is 3. The van der Waals surface area contributed by atoms with Crippen molar-refractivity contribution < 1.29 is 42.9 Å². The predicted octanol–water partition coefficient (Wildman–Crippen LogP) is 18.4. The summed E-state index contributed by atoms with van der Waals surface area (Å²) in [6.07, 6.45) is 78.9. The van der Waals surface area contributed by atoms with Gasteiger partial charge in [0.1, 0.15) is 13.2 Å². The maximum atomic E-state index is 12.9. The maximum Gasteiger partial charge on any atom is 0.306 e. The first kappa shape index (κ1) is 75.2. The summed E-state index contributed by atoms with van der Waals surface area (Å²) in [6, 6.07) is 0. The summed E-state index contributed by atoms with van der Waals surface area (Å²) in [4.78, 5) is 37.4. The van der Waals surface area contributed by atoms with Crippen LogP contribution in [0.25, 0.3) is 0 Å². The molecular formula is C70H121NO8. The largest absolute Gasteiger partial charge is 0.545 e. The summed E-state index contributed by atoms with van der Waals surface area (Å²) in [7, 11) is 5.92. The molecule has 0 aliphatic rings. The Labute approximate surface area is 486 Å². The summed E-state index contributed by atoms with van der Waals surface area (Å²) in [6.45, 7) is 4.64. The molecule has 0 amide bonds. The van der Waals surface area contributed by atoms with E-state index in [2.05, 4.69) is 111 Å². The summed E-state index contributed by atoms with van der Waals surface area (Å²) in [5.41, 5.74) is 0. The smallest absolute Gasteiger partial charge is 0.306 e. The number of carboxylic acid groups (broad SMARTS) is 1. The van der Waals surface area contributed by atoms with E-state index in [1.54, 1.807) is 0 Å². The lowest BCUT2D eigenvalue weighted by Gasteiger charge is -2.26. The van der Waals surface area contributed by atoms with Gasteiger partial charge < -0.3 is 33.3 Å². The van der Waals surface area contributed by atoms with Crippen LogP contribution in [0.2, 0.25) is 0 Å². The van der Waals surface area contributed by atoms with Crippen molar-refractivity contribution in [1.29, 1.82) is 0 Å². The van der Waals surface area contributed by atoms with Crippen molar-refractivity contribution in [3.05, 3.63) is 97.2 Å². The van der Waals surface area contributed by atoms with Gasteiger partial charge in [-0.05, 0) is 77.0 Å². The van der Waals surface area contributed by atoms with Gasteiger partial charge in [0, 0.05) is 12.8 Å². The molecule has 2 atom stereocenters. The number of allylic oxidation sites excluding steroid dienone is 16. The average Bonchev–Trinajstić information content (AvgIpc) is 3.42. The van der Waals surface area contributed by atoms with E-state index in [4.69, 9.17) is 18.9 Å². The summed E-state index contributed by atoms with van der Waals surface area (Å²) in [5.74, 6) is -2.30. The maximum absolute atomic E-state index is 12.9. The van der Waals surface area contributed by atoms with Gasteiger partial charge in [-0.2, -0.15) is 0 Å². The minimum absolute atomic E-state index is 0.141. The first-order chi connectivity index (χ1) is 38.6.